The minimum absolute atomic E-state index is 0.325. The Labute approximate surface area is 297 Å². The molecule has 9 rings (SSSR count). The van der Waals surface area contributed by atoms with Crippen molar-refractivity contribution in [1.82, 2.24) is 15.0 Å². The summed E-state index contributed by atoms with van der Waals surface area (Å²) >= 11 is 0. The monoisotopic (exact) mass is 652 g/mol. The summed E-state index contributed by atoms with van der Waals surface area (Å²) in [6.07, 6.45) is 1.86. The van der Waals surface area contributed by atoms with Gasteiger partial charge >= 0.3 is 0 Å². The minimum atomic E-state index is -0.325. The van der Waals surface area contributed by atoms with E-state index in [0.717, 1.165) is 77.9 Å². The summed E-state index contributed by atoms with van der Waals surface area (Å²) in [4.78, 5) is 15.1. The number of hydrogen-bond acceptors (Lipinski definition) is 4. The molecule has 1 aliphatic rings. The Kier molecular flexibility index (Phi) is 7.15. The van der Waals surface area contributed by atoms with Crippen LogP contribution in [0.3, 0.4) is 0 Å². The number of aromatic nitrogens is 3. The molecule has 0 radical (unpaired) electrons. The van der Waals surface area contributed by atoms with E-state index < -0.39 is 0 Å². The molecule has 4 nitrogen and oxygen atoms in total. The molecule has 4 heteroatoms. The normalized spacial score (nSPS) is 12.6. The molecule has 0 unspecified atom stereocenters. The zero-order chi connectivity index (χ0) is 34.5. The predicted octanol–water partition coefficient (Wildman–Crippen LogP) is 11.5. The Bertz CT molecular complexity index is 2610. The summed E-state index contributed by atoms with van der Waals surface area (Å²) in [6.45, 7) is 4.45. The molecule has 0 N–H and O–H groups in total. The van der Waals surface area contributed by atoms with Crippen molar-refractivity contribution in [2.24, 2.45) is 0 Å². The standard InChI is InChI=1S/C47H32N4/c1-47(2)41-27-33(21-22-39(41)40-20-10-17-34(29-48)44(40)47)35-24-36(38-19-9-16-31-18-11-23-49-45(31)38)26-37(25-35)43-28-42(30-12-5-3-6-13-30)50-46(51-43)32-14-7-4-8-15-32/h3-28H,1-2H3. The average Bonchev–Trinajstić information content (AvgIpc) is 3.43. The summed E-state index contributed by atoms with van der Waals surface area (Å²) in [5.74, 6) is 0.677. The van der Waals surface area contributed by atoms with Gasteiger partial charge in [0.1, 0.15) is 0 Å². The summed E-state index contributed by atoms with van der Waals surface area (Å²) in [5.41, 5.74) is 15.0. The third-order valence-corrected chi connectivity index (χ3v) is 10.1. The molecule has 0 atom stereocenters. The van der Waals surface area contributed by atoms with Gasteiger partial charge in [0.2, 0.25) is 0 Å². The van der Waals surface area contributed by atoms with Gasteiger partial charge in [0.05, 0.1) is 28.5 Å². The van der Waals surface area contributed by atoms with Gasteiger partial charge in [-0.25, -0.2) is 9.97 Å². The van der Waals surface area contributed by atoms with Crippen molar-refractivity contribution in [2.45, 2.75) is 19.3 Å². The van der Waals surface area contributed by atoms with Gasteiger partial charge in [-0.2, -0.15) is 5.26 Å². The maximum absolute atomic E-state index is 10.0. The molecule has 0 saturated carbocycles. The second kappa shape index (κ2) is 12.0. The van der Waals surface area contributed by atoms with Crippen LogP contribution in [-0.4, -0.2) is 15.0 Å². The van der Waals surface area contributed by atoms with Crippen LogP contribution in [0.4, 0.5) is 0 Å². The van der Waals surface area contributed by atoms with Crippen molar-refractivity contribution in [3.05, 3.63) is 175 Å². The molecule has 0 saturated heterocycles. The van der Waals surface area contributed by atoms with E-state index in [9.17, 15) is 5.26 Å². The maximum Gasteiger partial charge on any atom is 0.160 e. The largest absolute Gasteiger partial charge is 0.256 e. The van der Waals surface area contributed by atoms with E-state index >= 15 is 0 Å². The Morgan fingerprint density at radius 2 is 1.18 bits per heavy atom. The van der Waals surface area contributed by atoms with Crippen LogP contribution in [0.25, 0.3) is 78.2 Å². The van der Waals surface area contributed by atoms with Gasteiger partial charge in [-0.3, -0.25) is 4.98 Å². The van der Waals surface area contributed by atoms with E-state index in [-0.39, 0.29) is 5.41 Å². The van der Waals surface area contributed by atoms with Crippen LogP contribution in [0.1, 0.15) is 30.5 Å². The lowest BCUT2D eigenvalue weighted by atomic mass is 9.79. The lowest BCUT2D eigenvalue weighted by Gasteiger charge is -2.23. The Morgan fingerprint density at radius 1 is 0.510 bits per heavy atom. The van der Waals surface area contributed by atoms with E-state index in [1.807, 2.05) is 60.8 Å². The van der Waals surface area contributed by atoms with Crippen LogP contribution in [0.5, 0.6) is 0 Å². The number of hydrogen-bond donors (Lipinski definition) is 0. The first kappa shape index (κ1) is 30.4. The summed E-state index contributed by atoms with van der Waals surface area (Å²) in [5, 5.41) is 11.1. The molecule has 0 fully saturated rings. The SMILES string of the molecule is CC1(C)c2cc(-c3cc(-c4cc(-c5ccccc5)nc(-c5ccccc5)n4)cc(-c4cccc5cccnc45)c3)ccc2-c2cccc(C#N)c21. The van der Waals surface area contributed by atoms with Gasteiger partial charge < -0.3 is 0 Å². The Morgan fingerprint density at radius 3 is 1.96 bits per heavy atom. The molecule has 6 aromatic carbocycles. The quantitative estimate of drug-likeness (QED) is 0.186. The number of benzene rings is 6. The van der Waals surface area contributed by atoms with Crippen molar-refractivity contribution in [3.8, 4) is 73.4 Å². The van der Waals surface area contributed by atoms with E-state index in [1.165, 1.54) is 11.1 Å². The number of nitriles is 1. The summed E-state index contributed by atoms with van der Waals surface area (Å²) in [6, 6.07) is 54.9. The van der Waals surface area contributed by atoms with Gasteiger partial charge in [-0.05, 0) is 81.4 Å². The van der Waals surface area contributed by atoms with Crippen LogP contribution in [0.15, 0.2) is 158 Å². The molecular weight excluding hydrogens is 621 g/mol. The Hall–Kier alpha value is -6.70. The highest BCUT2D eigenvalue weighted by Gasteiger charge is 2.37. The molecule has 2 heterocycles. The van der Waals surface area contributed by atoms with Crippen LogP contribution in [0, 0.1) is 11.3 Å². The molecule has 0 amide bonds. The van der Waals surface area contributed by atoms with Crippen molar-refractivity contribution < 1.29 is 0 Å². The van der Waals surface area contributed by atoms with Gasteiger partial charge in [0.15, 0.2) is 5.82 Å². The summed E-state index contributed by atoms with van der Waals surface area (Å²) < 4.78 is 0. The lowest BCUT2D eigenvalue weighted by Crippen LogP contribution is -2.16. The van der Waals surface area contributed by atoms with Crippen molar-refractivity contribution >= 4 is 10.9 Å². The fraction of sp³-hybridized carbons (Fsp3) is 0.0638. The number of para-hydroxylation sites is 1. The first-order valence-corrected chi connectivity index (χ1v) is 17.2. The number of pyridine rings is 1. The average molecular weight is 653 g/mol. The second-order valence-electron chi connectivity index (χ2n) is 13.6. The van der Waals surface area contributed by atoms with Gasteiger partial charge in [-0.15, -0.1) is 0 Å². The fourth-order valence-corrected chi connectivity index (χ4v) is 7.66. The van der Waals surface area contributed by atoms with Gasteiger partial charge in [0, 0.05) is 39.3 Å². The van der Waals surface area contributed by atoms with Crippen LogP contribution in [-0.2, 0) is 5.41 Å². The van der Waals surface area contributed by atoms with Gasteiger partial charge in [-0.1, -0.05) is 123 Å². The molecule has 0 aliphatic heterocycles. The molecule has 240 valence electrons. The van der Waals surface area contributed by atoms with Crippen molar-refractivity contribution in [1.29, 1.82) is 5.26 Å². The molecule has 0 bridgehead atoms. The number of nitrogens with zero attached hydrogens (tertiary/aromatic N) is 4. The second-order valence-corrected chi connectivity index (χ2v) is 13.6. The van der Waals surface area contributed by atoms with Gasteiger partial charge in [0.25, 0.3) is 0 Å². The van der Waals surface area contributed by atoms with Crippen molar-refractivity contribution in [3.63, 3.8) is 0 Å². The molecule has 8 aromatic rings. The molecule has 2 aromatic heterocycles. The molecule has 1 aliphatic carbocycles. The van der Waals surface area contributed by atoms with Crippen LogP contribution >= 0.6 is 0 Å². The van der Waals surface area contributed by atoms with Crippen LogP contribution in [0.2, 0.25) is 0 Å². The summed E-state index contributed by atoms with van der Waals surface area (Å²) in [7, 11) is 0. The number of rotatable bonds is 5. The zero-order valence-corrected chi connectivity index (χ0v) is 28.3. The van der Waals surface area contributed by atoms with E-state index in [1.54, 1.807) is 0 Å². The molecular formula is C47H32N4. The molecule has 0 spiro atoms. The van der Waals surface area contributed by atoms with Crippen molar-refractivity contribution in [2.75, 3.05) is 0 Å². The fourth-order valence-electron chi connectivity index (χ4n) is 7.66. The topological polar surface area (TPSA) is 62.5 Å². The highest BCUT2D eigenvalue weighted by Crippen LogP contribution is 2.51. The molecule has 51 heavy (non-hydrogen) atoms. The van der Waals surface area contributed by atoms with E-state index in [4.69, 9.17) is 15.0 Å². The third kappa shape index (κ3) is 5.19. The highest BCUT2D eigenvalue weighted by molar-refractivity contribution is 5.96. The smallest absolute Gasteiger partial charge is 0.160 e. The van der Waals surface area contributed by atoms with E-state index in [2.05, 4.69) is 117 Å². The first-order valence-electron chi connectivity index (χ1n) is 17.2. The van der Waals surface area contributed by atoms with Crippen LogP contribution < -0.4 is 0 Å². The van der Waals surface area contributed by atoms with E-state index in [0.29, 0.717) is 5.82 Å². The first-order chi connectivity index (χ1) is 25.0. The number of fused-ring (bicyclic) bond motifs is 4. The lowest BCUT2D eigenvalue weighted by molar-refractivity contribution is 0.658. The zero-order valence-electron chi connectivity index (χ0n) is 28.3. The maximum atomic E-state index is 10.0. The minimum Gasteiger partial charge on any atom is -0.256 e. The Balaban J connectivity index is 1.28. The highest BCUT2D eigenvalue weighted by atomic mass is 14.9. The predicted molar refractivity (Wildman–Crippen MR) is 207 cm³/mol. The third-order valence-electron chi connectivity index (χ3n) is 10.1.